The summed E-state index contributed by atoms with van der Waals surface area (Å²) in [6.07, 6.45) is 1.93. The van der Waals surface area contributed by atoms with Crippen LogP contribution in [0.25, 0.3) is 0 Å². The Hall–Kier alpha value is -1.92. The molecule has 0 saturated carbocycles. The first-order valence-corrected chi connectivity index (χ1v) is 8.47. The molecule has 0 amide bonds. The Balaban J connectivity index is 1.57. The molecule has 1 aromatic heterocycles. The number of ether oxygens (including phenoxy) is 1. The lowest BCUT2D eigenvalue weighted by atomic mass is 10.0. The van der Waals surface area contributed by atoms with Crippen LogP contribution < -0.4 is 4.90 Å². The summed E-state index contributed by atoms with van der Waals surface area (Å²) in [5, 5.41) is 4.14. The highest BCUT2D eigenvalue weighted by Crippen LogP contribution is 2.25. The SMILES string of the molecule is CN(Cc1cccc(N(C)C)c1)Cc1noc(C2CCOCC2)n1. The normalized spacial score (nSPS) is 15.8. The minimum atomic E-state index is 0.349. The average Bonchev–Trinajstić information content (AvgIpc) is 3.04. The molecule has 6 nitrogen and oxygen atoms in total. The van der Waals surface area contributed by atoms with Gasteiger partial charge in [-0.25, -0.2) is 0 Å². The molecule has 1 aliphatic heterocycles. The van der Waals surface area contributed by atoms with Gasteiger partial charge in [-0.05, 0) is 37.6 Å². The zero-order chi connectivity index (χ0) is 16.9. The van der Waals surface area contributed by atoms with Crippen LogP contribution >= 0.6 is 0 Å². The molecule has 130 valence electrons. The zero-order valence-electron chi connectivity index (χ0n) is 14.7. The Morgan fingerprint density at radius 1 is 1.12 bits per heavy atom. The van der Waals surface area contributed by atoms with E-state index in [2.05, 4.69) is 65.3 Å². The maximum absolute atomic E-state index is 5.46. The maximum atomic E-state index is 5.46. The Bertz CT molecular complexity index is 650. The average molecular weight is 330 g/mol. The van der Waals surface area contributed by atoms with Gasteiger partial charge < -0.3 is 14.2 Å². The number of aromatic nitrogens is 2. The number of nitrogens with zero attached hydrogens (tertiary/aromatic N) is 4. The molecule has 0 N–H and O–H groups in total. The predicted octanol–water partition coefficient (Wildman–Crippen LogP) is 2.66. The van der Waals surface area contributed by atoms with E-state index in [4.69, 9.17) is 9.26 Å². The summed E-state index contributed by atoms with van der Waals surface area (Å²) in [6, 6.07) is 8.56. The van der Waals surface area contributed by atoms with E-state index in [1.807, 2.05) is 0 Å². The standard InChI is InChI=1S/C18H26N4O2/c1-21(2)16-6-4-5-14(11-16)12-22(3)13-17-19-18(24-20-17)15-7-9-23-10-8-15/h4-6,11,15H,7-10,12-13H2,1-3H3. The van der Waals surface area contributed by atoms with Crippen molar-refractivity contribution < 1.29 is 9.26 Å². The van der Waals surface area contributed by atoms with Gasteiger partial charge in [0.05, 0.1) is 6.54 Å². The zero-order valence-corrected chi connectivity index (χ0v) is 14.7. The highest BCUT2D eigenvalue weighted by atomic mass is 16.5. The first-order valence-electron chi connectivity index (χ1n) is 8.47. The Kier molecular flexibility index (Phi) is 5.48. The minimum Gasteiger partial charge on any atom is -0.381 e. The van der Waals surface area contributed by atoms with Crippen molar-refractivity contribution in [1.29, 1.82) is 0 Å². The van der Waals surface area contributed by atoms with E-state index in [-0.39, 0.29) is 0 Å². The van der Waals surface area contributed by atoms with E-state index in [9.17, 15) is 0 Å². The van der Waals surface area contributed by atoms with Crippen LogP contribution in [0.5, 0.6) is 0 Å². The summed E-state index contributed by atoms with van der Waals surface area (Å²) in [7, 11) is 6.19. The van der Waals surface area contributed by atoms with Crippen molar-refractivity contribution in [2.24, 2.45) is 0 Å². The maximum Gasteiger partial charge on any atom is 0.229 e. The third-order valence-electron chi connectivity index (χ3n) is 4.35. The largest absolute Gasteiger partial charge is 0.381 e. The van der Waals surface area contributed by atoms with Crippen molar-refractivity contribution in [3.63, 3.8) is 0 Å². The van der Waals surface area contributed by atoms with E-state index in [1.54, 1.807) is 0 Å². The molecule has 0 aliphatic carbocycles. The molecule has 0 radical (unpaired) electrons. The van der Waals surface area contributed by atoms with Crippen LogP contribution in [0.4, 0.5) is 5.69 Å². The van der Waals surface area contributed by atoms with Gasteiger partial charge in [0.15, 0.2) is 5.82 Å². The predicted molar refractivity (Wildman–Crippen MR) is 93.0 cm³/mol. The smallest absolute Gasteiger partial charge is 0.229 e. The summed E-state index contributed by atoms with van der Waals surface area (Å²) in [5.74, 6) is 1.86. The van der Waals surface area contributed by atoms with Gasteiger partial charge in [-0.1, -0.05) is 17.3 Å². The highest BCUT2D eigenvalue weighted by Gasteiger charge is 2.22. The van der Waals surface area contributed by atoms with Crippen LogP contribution in [-0.2, 0) is 17.8 Å². The highest BCUT2D eigenvalue weighted by molar-refractivity contribution is 5.47. The van der Waals surface area contributed by atoms with Gasteiger partial charge in [0.1, 0.15) is 0 Å². The molecular weight excluding hydrogens is 304 g/mol. The van der Waals surface area contributed by atoms with Gasteiger partial charge in [-0.15, -0.1) is 0 Å². The first kappa shape index (κ1) is 16.9. The Labute approximate surface area is 143 Å². The summed E-state index contributed by atoms with van der Waals surface area (Å²) in [5.41, 5.74) is 2.49. The lowest BCUT2D eigenvalue weighted by molar-refractivity contribution is 0.0778. The molecule has 3 rings (SSSR count). The van der Waals surface area contributed by atoms with Crippen LogP contribution in [0.1, 0.15) is 36.0 Å². The molecule has 1 aromatic carbocycles. The molecule has 2 aromatic rings. The Morgan fingerprint density at radius 3 is 2.67 bits per heavy atom. The topological polar surface area (TPSA) is 54.6 Å². The second-order valence-corrected chi connectivity index (χ2v) is 6.67. The fourth-order valence-corrected chi connectivity index (χ4v) is 2.98. The van der Waals surface area contributed by atoms with Crippen molar-refractivity contribution in [1.82, 2.24) is 15.0 Å². The summed E-state index contributed by atoms with van der Waals surface area (Å²) in [6.45, 7) is 3.09. The summed E-state index contributed by atoms with van der Waals surface area (Å²) >= 11 is 0. The van der Waals surface area contributed by atoms with E-state index in [1.165, 1.54) is 11.3 Å². The van der Waals surface area contributed by atoms with Crippen molar-refractivity contribution in [2.75, 3.05) is 39.3 Å². The molecule has 0 atom stereocenters. The molecule has 24 heavy (non-hydrogen) atoms. The van der Waals surface area contributed by atoms with E-state index < -0.39 is 0 Å². The number of benzene rings is 1. The molecule has 0 bridgehead atoms. The lowest BCUT2D eigenvalue weighted by Crippen LogP contribution is -2.19. The van der Waals surface area contributed by atoms with Crippen molar-refractivity contribution in [3.8, 4) is 0 Å². The fourth-order valence-electron chi connectivity index (χ4n) is 2.98. The number of hydrogen-bond acceptors (Lipinski definition) is 6. The lowest BCUT2D eigenvalue weighted by Gasteiger charge is -2.18. The van der Waals surface area contributed by atoms with E-state index in [0.717, 1.165) is 44.3 Å². The quantitative estimate of drug-likeness (QED) is 0.812. The molecule has 1 aliphatic rings. The van der Waals surface area contributed by atoms with Gasteiger partial charge in [0, 0.05) is 45.5 Å². The summed E-state index contributed by atoms with van der Waals surface area (Å²) < 4.78 is 10.8. The van der Waals surface area contributed by atoms with Crippen molar-refractivity contribution in [3.05, 3.63) is 41.5 Å². The Morgan fingerprint density at radius 2 is 1.92 bits per heavy atom. The molecule has 6 heteroatoms. The third kappa shape index (κ3) is 4.33. The molecular formula is C18H26N4O2. The fraction of sp³-hybridized carbons (Fsp3) is 0.556. The van der Waals surface area contributed by atoms with Crippen LogP contribution in [0.2, 0.25) is 0 Å². The van der Waals surface area contributed by atoms with Gasteiger partial charge >= 0.3 is 0 Å². The molecule has 1 fully saturated rings. The molecule has 1 saturated heterocycles. The molecule has 0 unspecified atom stereocenters. The molecule has 0 spiro atoms. The van der Waals surface area contributed by atoms with Gasteiger partial charge in [-0.3, -0.25) is 4.90 Å². The molecule has 2 heterocycles. The van der Waals surface area contributed by atoms with Crippen molar-refractivity contribution in [2.45, 2.75) is 31.8 Å². The van der Waals surface area contributed by atoms with Crippen LogP contribution in [0.3, 0.4) is 0 Å². The first-order chi connectivity index (χ1) is 11.6. The van der Waals surface area contributed by atoms with Crippen LogP contribution in [0.15, 0.2) is 28.8 Å². The van der Waals surface area contributed by atoms with E-state index in [0.29, 0.717) is 12.5 Å². The van der Waals surface area contributed by atoms with Crippen LogP contribution in [-0.4, -0.2) is 49.4 Å². The number of hydrogen-bond donors (Lipinski definition) is 0. The second kappa shape index (κ2) is 7.77. The van der Waals surface area contributed by atoms with Crippen molar-refractivity contribution >= 4 is 5.69 Å². The monoisotopic (exact) mass is 330 g/mol. The summed E-state index contributed by atoms with van der Waals surface area (Å²) in [4.78, 5) is 8.89. The van der Waals surface area contributed by atoms with Crippen LogP contribution in [0, 0.1) is 0 Å². The van der Waals surface area contributed by atoms with E-state index >= 15 is 0 Å². The second-order valence-electron chi connectivity index (χ2n) is 6.67. The van der Waals surface area contributed by atoms with Gasteiger partial charge in [0.25, 0.3) is 0 Å². The number of rotatable bonds is 6. The van der Waals surface area contributed by atoms with Gasteiger partial charge in [0.2, 0.25) is 5.89 Å². The third-order valence-corrected chi connectivity index (χ3v) is 4.35. The minimum absolute atomic E-state index is 0.349. The van der Waals surface area contributed by atoms with Gasteiger partial charge in [-0.2, -0.15) is 4.98 Å². The number of anilines is 1.